The van der Waals surface area contributed by atoms with Crippen molar-refractivity contribution in [3.05, 3.63) is 0 Å². The third-order valence-electron chi connectivity index (χ3n) is 5.51. The monoisotopic (exact) mass is 253 g/mol. The molecule has 0 bridgehead atoms. The Bertz CT molecular complexity index is 258. The summed E-state index contributed by atoms with van der Waals surface area (Å²) in [6, 6.07) is 0.777. The van der Waals surface area contributed by atoms with Gasteiger partial charge in [-0.25, -0.2) is 0 Å². The summed E-state index contributed by atoms with van der Waals surface area (Å²) in [5.74, 6) is 0.917. The van der Waals surface area contributed by atoms with E-state index in [2.05, 4.69) is 30.8 Å². The average Bonchev–Trinajstić information content (AvgIpc) is 2.84. The summed E-state index contributed by atoms with van der Waals surface area (Å²) in [7, 11) is 4.42. The van der Waals surface area contributed by atoms with Crippen LogP contribution in [0.25, 0.3) is 0 Å². The highest BCUT2D eigenvalue weighted by molar-refractivity contribution is 5.00. The molecule has 106 valence electrons. The molecular formula is C15H31N3. The fourth-order valence-electron chi connectivity index (χ4n) is 4.02. The van der Waals surface area contributed by atoms with Crippen LogP contribution in [0.4, 0.5) is 0 Å². The number of hydrogen-bond donors (Lipinski definition) is 1. The van der Waals surface area contributed by atoms with E-state index in [9.17, 15) is 0 Å². The number of nitrogens with two attached hydrogens (primary N) is 1. The van der Waals surface area contributed by atoms with Gasteiger partial charge in [-0.1, -0.05) is 13.3 Å². The summed E-state index contributed by atoms with van der Waals surface area (Å²) in [5.41, 5.74) is 6.50. The quantitative estimate of drug-likeness (QED) is 0.831. The lowest BCUT2D eigenvalue weighted by molar-refractivity contribution is 0.0460. The van der Waals surface area contributed by atoms with Crippen molar-refractivity contribution in [2.75, 3.05) is 33.7 Å². The Balaban J connectivity index is 1.95. The van der Waals surface area contributed by atoms with Gasteiger partial charge in [0.1, 0.15) is 0 Å². The SMILES string of the molecule is CCC1CCC(CN)(N2CCC(N(C)C)CC2)C1. The first-order valence-electron chi connectivity index (χ1n) is 7.73. The third kappa shape index (κ3) is 2.73. The molecule has 18 heavy (non-hydrogen) atoms. The van der Waals surface area contributed by atoms with Gasteiger partial charge in [-0.05, 0) is 52.1 Å². The normalized spacial score (nSPS) is 35.5. The van der Waals surface area contributed by atoms with Crippen molar-refractivity contribution in [1.82, 2.24) is 9.80 Å². The maximum atomic E-state index is 6.16. The van der Waals surface area contributed by atoms with Gasteiger partial charge in [-0.2, -0.15) is 0 Å². The number of nitrogens with zero attached hydrogens (tertiary/aromatic N) is 2. The first-order valence-corrected chi connectivity index (χ1v) is 7.73. The zero-order valence-corrected chi connectivity index (χ0v) is 12.5. The van der Waals surface area contributed by atoms with Crippen LogP contribution in [-0.2, 0) is 0 Å². The first-order chi connectivity index (χ1) is 8.61. The summed E-state index contributed by atoms with van der Waals surface area (Å²) in [6.45, 7) is 5.68. The van der Waals surface area contributed by atoms with Crippen LogP contribution in [0.15, 0.2) is 0 Å². The van der Waals surface area contributed by atoms with Gasteiger partial charge in [-0.3, -0.25) is 4.90 Å². The zero-order chi connectivity index (χ0) is 13.2. The van der Waals surface area contributed by atoms with Crippen LogP contribution in [0, 0.1) is 5.92 Å². The van der Waals surface area contributed by atoms with Crippen LogP contribution in [0.1, 0.15) is 45.4 Å². The predicted octanol–water partition coefficient (Wildman–Crippen LogP) is 1.92. The minimum atomic E-state index is 0.345. The van der Waals surface area contributed by atoms with E-state index in [1.54, 1.807) is 0 Å². The second kappa shape index (κ2) is 5.89. The van der Waals surface area contributed by atoms with E-state index >= 15 is 0 Å². The van der Waals surface area contributed by atoms with Crippen LogP contribution < -0.4 is 5.73 Å². The van der Waals surface area contributed by atoms with Crippen molar-refractivity contribution in [3.8, 4) is 0 Å². The molecule has 2 unspecified atom stereocenters. The van der Waals surface area contributed by atoms with Gasteiger partial charge >= 0.3 is 0 Å². The van der Waals surface area contributed by atoms with Gasteiger partial charge in [0.25, 0.3) is 0 Å². The lowest BCUT2D eigenvalue weighted by Crippen LogP contribution is -2.56. The second-order valence-electron chi connectivity index (χ2n) is 6.63. The van der Waals surface area contributed by atoms with E-state index in [1.807, 2.05) is 0 Å². The maximum Gasteiger partial charge on any atom is 0.0334 e. The molecule has 0 aromatic rings. The minimum Gasteiger partial charge on any atom is -0.329 e. The molecular weight excluding hydrogens is 222 g/mol. The van der Waals surface area contributed by atoms with Crippen LogP contribution in [-0.4, -0.2) is 55.1 Å². The smallest absolute Gasteiger partial charge is 0.0334 e. The second-order valence-corrected chi connectivity index (χ2v) is 6.63. The fourth-order valence-corrected chi connectivity index (χ4v) is 4.02. The highest BCUT2D eigenvalue weighted by Crippen LogP contribution is 2.41. The van der Waals surface area contributed by atoms with Gasteiger partial charge in [0.2, 0.25) is 0 Å². The molecule has 1 saturated carbocycles. The molecule has 3 nitrogen and oxygen atoms in total. The van der Waals surface area contributed by atoms with Crippen molar-refractivity contribution in [3.63, 3.8) is 0 Å². The van der Waals surface area contributed by atoms with Crippen molar-refractivity contribution in [1.29, 1.82) is 0 Å². The molecule has 2 fully saturated rings. The van der Waals surface area contributed by atoms with E-state index in [0.717, 1.165) is 18.5 Å². The minimum absolute atomic E-state index is 0.345. The van der Waals surface area contributed by atoms with Crippen molar-refractivity contribution < 1.29 is 0 Å². The molecule has 0 spiro atoms. The predicted molar refractivity (Wildman–Crippen MR) is 77.7 cm³/mol. The third-order valence-corrected chi connectivity index (χ3v) is 5.51. The highest BCUT2D eigenvalue weighted by Gasteiger charge is 2.43. The molecule has 0 radical (unpaired) electrons. The molecule has 1 heterocycles. The number of hydrogen-bond acceptors (Lipinski definition) is 3. The molecule has 2 N–H and O–H groups in total. The Morgan fingerprint density at radius 3 is 2.33 bits per heavy atom. The largest absolute Gasteiger partial charge is 0.329 e. The van der Waals surface area contributed by atoms with Gasteiger partial charge in [0.15, 0.2) is 0 Å². The van der Waals surface area contributed by atoms with E-state index in [1.165, 1.54) is 51.6 Å². The molecule has 2 atom stereocenters. The van der Waals surface area contributed by atoms with Gasteiger partial charge in [0.05, 0.1) is 0 Å². The van der Waals surface area contributed by atoms with Crippen molar-refractivity contribution >= 4 is 0 Å². The van der Waals surface area contributed by atoms with E-state index in [0.29, 0.717) is 5.54 Å². The zero-order valence-electron chi connectivity index (χ0n) is 12.5. The molecule has 0 aromatic heterocycles. The lowest BCUT2D eigenvalue weighted by Gasteiger charge is -2.46. The number of piperidine rings is 1. The van der Waals surface area contributed by atoms with E-state index in [4.69, 9.17) is 5.73 Å². The highest BCUT2D eigenvalue weighted by atomic mass is 15.2. The molecule has 1 aliphatic carbocycles. The molecule has 0 aromatic carbocycles. The van der Waals surface area contributed by atoms with Crippen LogP contribution in [0.2, 0.25) is 0 Å². The Morgan fingerprint density at radius 1 is 1.22 bits per heavy atom. The lowest BCUT2D eigenvalue weighted by atomic mass is 9.89. The Morgan fingerprint density at radius 2 is 1.89 bits per heavy atom. The topological polar surface area (TPSA) is 32.5 Å². The molecule has 1 saturated heterocycles. The van der Waals surface area contributed by atoms with Crippen LogP contribution >= 0.6 is 0 Å². The van der Waals surface area contributed by atoms with Gasteiger partial charge in [0, 0.05) is 31.2 Å². The Hall–Kier alpha value is -0.120. The maximum absolute atomic E-state index is 6.16. The average molecular weight is 253 g/mol. The van der Waals surface area contributed by atoms with E-state index < -0.39 is 0 Å². The molecule has 3 heteroatoms. The van der Waals surface area contributed by atoms with Gasteiger partial charge in [-0.15, -0.1) is 0 Å². The number of rotatable bonds is 4. The molecule has 1 aliphatic heterocycles. The standard InChI is InChI=1S/C15H31N3/c1-4-13-5-8-15(11-13,12-16)18-9-6-14(7-10-18)17(2)3/h13-14H,4-12,16H2,1-3H3. The Labute approximate surface area is 113 Å². The fraction of sp³-hybridized carbons (Fsp3) is 1.00. The summed E-state index contributed by atoms with van der Waals surface area (Å²) in [5, 5.41) is 0. The van der Waals surface area contributed by atoms with Crippen LogP contribution in [0.3, 0.4) is 0 Å². The molecule has 2 aliphatic rings. The Kier molecular flexibility index (Phi) is 4.68. The number of likely N-dealkylation sites (tertiary alicyclic amines) is 1. The van der Waals surface area contributed by atoms with Crippen LogP contribution in [0.5, 0.6) is 0 Å². The molecule has 2 rings (SSSR count). The summed E-state index contributed by atoms with van der Waals surface area (Å²) < 4.78 is 0. The van der Waals surface area contributed by atoms with Crippen molar-refractivity contribution in [2.45, 2.75) is 57.0 Å². The van der Waals surface area contributed by atoms with Gasteiger partial charge < -0.3 is 10.6 Å². The van der Waals surface area contributed by atoms with E-state index in [-0.39, 0.29) is 0 Å². The summed E-state index contributed by atoms with van der Waals surface area (Å²) >= 11 is 0. The first kappa shape index (κ1) is 14.3. The molecule has 0 amide bonds. The summed E-state index contributed by atoms with van der Waals surface area (Å²) in [6.07, 6.45) is 8.01. The summed E-state index contributed by atoms with van der Waals surface area (Å²) in [4.78, 5) is 5.11. The van der Waals surface area contributed by atoms with Crippen molar-refractivity contribution in [2.24, 2.45) is 11.7 Å².